The van der Waals surface area contributed by atoms with E-state index in [-0.39, 0.29) is 25.3 Å². The highest BCUT2D eigenvalue weighted by atomic mass is 32.2. The summed E-state index contributed by atoms with van der Waals surface area (Å²) in [7, 11) is -0.826. The molecule has 1 heterocycles. The number of benzene rings is 1. The Labute approximate surface area is 129 Å². The Hall–Kier alpha value is -1.64. The molecule has 2 rings (SSSR count). The van der Waals surface area contributed by atoms with Crippen LogP contribution in [0.15, 0.2) is 24.3 Å². The fourth-order valence-electron chi connectivity index (χ4n) is 2.48. The summed E-state index contributed by atoms with van der Waals surface area (Å²) in [5.41, 5.74) is -0.869. The molecule has 1 atom stereocenters. The van der Waals surface area contributed by atoms with E-state index >= 15 is 0 Å². The van der Waals surface area contributed by atoms with Crippen molar-refractivity contribution in [2.24, 2.45) is 0 Å². The van der Waals surface area contributed by atoms with E-state index in [4.69, 9.17) is 9.47 Å². The van der Waals surface area contributed by atoms with E-state index < -0.39 is 21.6 Å². The zero-order valence-corrected chi connectivity index (χ0v) is 13.3. The molecule has 7 nitrogen and oxygen atoms in total. The number of rotatable bonds is 6. The Balaban J connectivity index is 2.16. The van der Waals surface area contributed by atoms with Gasteiger partial charge in [-0.15, -0.1) is 0 Å². The smallest absolute Gasteiger partial charge is 0.337 e. The van der Waals surface area contributed by atoms with Crippen LogP contribution in [0.1, 0.15) is 12.0 Å². The van der Waals surface area contributed by atoms with Gasteiger partial charge in [0.2, 0.25) is 10.0 Å². The predicted molar refractivity (Wildman–Crippen MR) is 79.2 cm³/mol. The van der Waals surface area contributed by atoms with E-state index in [1.165, 1.54) is 18.5 Å². The van der Waals surface area contributed by atoms with Crippen LogP contribution in [0.2, 0.25) is 0 Å². The van der Waals surface area contributed by atoms with Crippen molar-refractivity contribution >= 4 is 16.0 Å². The monoisotopic (exact) mass is 329 g/mol. The molecule has 122 valence electrons. The molecule has 1 aliphatic rings. The average molecular weight is 329 g/mol. The third-order valence-corrected chi connectivity index (χ3v) is 5.65. The first-order valence-electron chi connectivity index (χ1n) is 6.72. The summed E-state index contributed by atoms with van der Waals surface area (Å²) in [6.45, 7) is -0.0441. The van der Waals surface area contributed by atoms with E-state index in [2.05, 4.69) is 0 Å². The molecule has 0 aliphatic carbocycles. The molecule has 0 saturated carbocycles. The number of hydrogen-bond donors (Lipinski definition) is 1. The highest BCUT2D eigenvalue weighted by molar-refractivity contribution is 7.88. The van der Waals surface area contributed by atoms with Crippen LogP contribution in [0.4, 0.5) is 0 Å². The molecule has 1 N–H and O–H groups in total. The number of ether oxygens (including phenoxy) is 2. The van der Waals surface area contributed by atoms with Crippen LogP contribution < -0.4 is 4.74 Å². The summed E-state index contributed by atoms with van der Waals surface area (Å²) in [6, 6.07) is 6.78. The number of hydrogen-bond acceptors (Lipinski definition) is 5. The summed E-state index contributed by atoms with van der Waals surface area (Å²) in [6.07, 6.45) is 0.135. The van der Waals surface area contributed by atoms with Gasteiger partial charge < -0.3 is 14.6 Å². The lowest BCUT2D eigenvalue weighted by Crippen LogP contribution is -2.44. The second-order valence-electron chi connectivity index (χ2n) is 5.19. The summed E-state index contributed by atoms with van der Waals surface area (Å²) >= 11 is 0. The van der Waals surface area contributed by atoms with Gasteiger partial charge in [0.15, 0.2) is 5.60 Å². The quantitative estimate of drug-likeness (QED) is 0.826. The van der Waals surface area contributed by atoms with Crippen LogP contribution in [0.25, 0.3) is 0 Å². The summed E-state index contributed by atoms with van der Waals surface area (Å²) < 4.78 is 36.2. The highest BCUT2D eigenvalue weighted by Crippen LogP contribution is 2.28. The standard InChI is InChI=1S/C14H19NO6S/c1-20-12-5-3-4-11(8-12)9-22(18,19)15-7-6-14(10-15,21-2)13(16)17/h3-5,8H,6-7,9-10H2,1-2H3,(H,16,17). The Kier molecular flexibility index (Phi) is 4.74. The Morgan fingerprint density at radius 1 is 1.41 bits per heavy atom. The lowest BCUT2D eigenvalue weighted by Gasteiger charge is -2.23. The first-order valence-corrected chi connectivity index (χ1v) is 8.33. The molecule has 22 heavy (non-hydrogen) atoms. The van der Waals surface area contributed by atoms with E-state index in [0.29, 0.717) is 11.3 Å². The van der Waals surface area contributed by atoms with Crippen molar-refractivity contribution in [3.05, 3.63) is 29.8 Å². The molecule has 0 bridgehead atoms. The molecule has 1 saturated heterocycles. The number of aliphatic carboxylic acids is 1. The maximum Gasteiger partial charge on any atom is 0.337 e. The topological polar surface area (TPSA) is 93.1 Å². The van der Waals surface area contributed by atoms with Gasteiger partial charge in [-0.1, -0.05) is 12.1 Å². The van der Waals surface area contributed by atoms with Crippen LogP contribution >= 0.6 is 0 Å². The predicted octanol–water partition coefficient (Wildman–Crippen LogP) is 0.700. The van der Waals surface area contributed by atoms with Crippen LogP contribution in [-0.4, -0.2) is 56.7 Å². The third-order valence-electron chi connectivity index (χ3n) is 3.85. The van der Waals surface area contributed by atoms with Crippen LogP contribution in [0, 0.1) is 0 Å². The van der Waals surface area contributed by atoms with Gasteiger partial charge in [0.1, 0.15) is 5.75 Å². The fourth-order valence-corrected chi connectivity index (χ4v) is 4.04. The number of carbonyl (C=O) groups is 1. The molecular formula is C14H19NO6S. The highest BCUT2D eigenvalue weighted by Gasteiger charge is 2.48. The maximum absolute atomic E-state index is 12.5. The lowest BCUT2D eigenvalue weighted by molar-refractivity contribution is -0.160. The molecule has 1 aliphatic heterocycles. The van der Waals surface area contributed by atoms with Crippen LogP contribution in [0.5, 0.6) is 5.75 Å². The van der Waals surface area contributed by atoms with Gasteiger partial charge in [-0.25, -0.2) is 13.2 Å². The number of nitrogens with zero attached hydrogens (tertiary/aromatic N) is 1. The average Bonchev–Trinajstić information content (AvgIpc) is 2.94. The third kappa shape index (κ3) is 3.23. The molecular weight excluding hydrogens is 310 g/mol. The number of carboxylic acids is 1. The molecule has 1 unspecified atom stereocenters. The summed E-state index contributed by atoms with van der Waals surface area (Å²) in [5.74, 6) is -0.774. The van der Waals surface area contributed by atoms with Crippen molar-refractivity contribution in [1.29, 1.82) is 0 Å². The van der Waals surface area contributed by atoms with Gasteiger partial charge >= 0.3 is 5.97 Å². The van der Waals surface area contributed by atoms with Crippen molar-refractivity contribution in [2.75, 3.05) is 27.3 Å². The van der Waals surface area contributed by atoms with Crippen LogP contribution in [0.3, 0.4) is 0 Å². The van der Waals surface area contributed by atoms with Crippen molar-refractivity contribution in [1.82, 2.24) is 4.31 Å². The second kappa shape index (κ2) is 6.23. The van der Waals surface area contributed by atoms with Gasteiger partial charge in [0.05, 0.1) is 19.4 Å². The van der Waals surface area contributed by atoms with Gasteiger partial charge in [-0.3, -0.25) is 0 Å². The zero-order valence-electron chi connectivity index (χ0n) is 12.5. The molecule has 8 heteroatoms. The minimum atomic E-state index is -3.62. The molecule has 0 amide bonds. The van der Waals surface area contributed by atoms with Crippen molar-refractivity contribution < 1.29 is 27.8 Å². The summed E-state index contributed by atoms with van der Waals surface area (Å²) in [4.78, 5) is 11.3. The maximum atomic E-state index is 12.5. The van der Waals surface area contributed by atoms with E-state index in [9.17, 15) is 18.3 Å². The number of carboxylic acid groups (broad SMARTS) is 1. The first kappa shape index (κ1) is 16.7. The van der Waals surface area contributed by atoms with Gasteiger partial charge in [0.25, 0.3) is 0 Å². The minimum absolute atomic E-state index is 0.131. The fraction of sp³-hybridized carbons (Fsp3) is 0.500. The largest absolute Gasteiger partial charge is 0.497 e. The van der Waals surface area contributed by atoms with Crippen molar-refractivity contribution in [3.63, 3.8) is 0 Å². The van der Waals surface area contributed by atoms with Gasteiger partial charge in [-0.05, 0) is 17.7 Å². The van der Waals surface area contributed by atoms with Crippen molar-refractivity contribution in [3.8, 4) is 5.75 Å². The molecule has 0 aromatic heterocycles. The SMILES string of the molecule is COc1cccc(CS(=O)(=O)N2CCC(OC)(C(=O)O)C2)c1. The Morgan fingerprint density at radius 3 is 2.68 bits per heavy atom. The van der Waals surface area contributed by atoms with Crippen LogP contribution in [-0.2, 0) is 25.3 Å². The lowest BCUT2D eigenvalue weighted by atomic mass is 10.0. The van der Waals surface area contributed by atoms with E-state index in [1.54, 1.807) is 24.3 Å². The normalized spacial score (nSPS) is 22.6. The molecule has 0 spiro atoms. The second-order valence-corrected chi connectivity index (χ2v) is 7.16. The molecule has 1 aromatic rings. The Bertz CT molecular complexity index is 659. The minimum Gasteiger partial charge on any atom is -0.497 e. The zero-order chi connectivity index (χ0) is 16.4. The van der Waals surface area contributed by atoms with Gasteiger partial charge in [0, 0.05) is 20.1 Å². The van der Waals surface area contributed by atoms with E-state index in [0.717, 1.165) is 0 Å². The number of methoxy groups -OCH3 is 2. The molecule has 1 fully saturated rings. The first-order chi connectivity index (χ1) is 10.3. The van der Waals surface area contributed by atoms with Gasteiger partial charge in [-0.2, -0.15) is 4.31 Å². The number of sulfonamides is 1. The summed E-state index contributed by atoms with van der Waals surface area (Å²) in [5, 5.41) is 9.24. The van der Waals surface area contributed by atoms with Crippen molar-refractivity contribution in [2.45, 2.75) is 17.8 Å². The Morgan fingerprint density at radius 2 is 2.14 bits per heavy atom. The van der Waals surface area contributed by atoms with E-state index in [1.807, 2.05) is 0 Å². The molecule has 1 aromatic carbocycles. The molecule has 0 radical (unpaired) electrons.